The van der Waals surface area contributed by atoms with Crippen molar-refractivity contribution in [3.05, 3.63) is 68.3 Å². The summed E-state index contributed by atoms with van der Waals surface area (Å²) in [7, 11) is 0. The van der Waals surface area contributed by atoms with Crippen LogP contribution in [0.3, 0.4) is 0 Å². The molecule has 3 N–H and O–H groups in total. The second-order valence-corrected chi connectivity index (χ2v) is 5.51. The van der Waals surface area contributed by atoms with Gasteiger partial charge < -0.3 is 15.5 Å². The van der Waals surface area contributed by atoms with E-state index in [1.54, 1.807) is 24.3 Å². The van der Waals surface area contributed by atoms with Crippen molar-refractivity contribution in [2.45, 2.75) is 6.73 Å². The molecule has 3 aromatic rings. The summed E-state index contributed by atoms with van der Waals surface area (Å²) in [6, 6.07) is 10.0. The van der Waals surface area contributed by atoms with Crippen molar-refractivity contribution in [3.8, 4) is 29.0 Å². The first-order chi connectivity index (χ1) is 13.4. The average molecular weight is 377 g/mol. The first-order valence-electron chi connectivity index (χ1n) is 7.70. The van der Waals surface area contributed by atoms with E-state index in [1.807, 2.05) is 6.07 Å². The third-order valence-electron chi connectivity index (χ3n) is 3.78. The van der Waals surface area contributed by atoms with Gasteiger partial charge in [0.2, 0.25) is 0 Å². The van der Waals surface area contributed by atoms with Gasteiger partial charge in [0.15, 0.2) is 6.73 Å². The van der Waals surface area contributed by atoms with Crippen molar-refractivity contribution in [3.63, 3.8) is 0 Å². The number of nitrogens with zero attached hydrogens (tertiary/aromatic N) is 5. The van der Waals surface area contributed by atoms with Gasteiger partial charge in [-0.1, -0.05) is 12.1 Å². The number of nitrogen functional groups attached to an aromatic ring is 1. The highest BCUT2D eigenvalue weighted by Gasteiger charge is 2.18. The second kappa shape index (κ2) is 7.31. The number of hydrogen-bond acceptors (Lipinski definition) is 8. The Hall–Kier alpha value is -4.64. The lowest BCUT2D eigenvalue weighted by molar-refractivity contribution is -0.385. The molecule has 1 aromatic carbocycles. The fraction of sp³-hybridized carbons (Fsp3) is 0.0588. The quantitative estimate of drug-likeness (QED) is 0.496. The molecule has 0 bridgehead atoms. The third kappa shape index (κ3) is 3.36. The minimum Gasteiger partial charge on any atom is -0.471 e. The highest BCUT2D eigenvalue weighted by atomic mass is 16.6. The van der Waals surface area contributed by atoms with Gasteiger partial charge in [-0.05, 0) is 17.7 Å². The minimum atomic E-state index is -0.704. The number of anilines is 1. The van der Waals surface area contributed by atoms with E-state index in [-0.39, 0.29) is 34.9 Å². The maximum Gasteiger partial charge on any atom is 0.307 e. The summed E-state index contributed by atoms with van der Waals surface area (Å²) in [5.74, 6) is 0.193. The fourth-order valence-corrected chi connectivity index (χ4v) is 2.53. The van der Waals surface area contributed by atoms with Gasteiger partial charge in [-0.3, -0.25) is 14.9 Å². The van der Waals surface area contributed by atoms with E-state index >= 15 is 0 Å². The molecule has 11 nitrogen and oxygen atoms in total. The molecule has 0 fully saturated rings. The number of H-pyrrole nitrogens is 1. The van der Waals surface area contributed by atoms with Crippen LogP contribution in [0.25, 0.3) is 11.1 Å². The van der Waals surface area contributed by atoms with E-state index in [2.05, 4.69) is 10.1 Å². The highest BCUT2D eigenvalue weighted by molar-refractivity contribution is 5.80. The lowest BCUT2D eigenvalue weighted by Gasteiger charge is -2.11. The zero-order chi connectivity index (χ0) is 20.3. The van der Waals surface area contributed by atoms with Gasteiger partial charge in [-0.2, -0.15) is 15.6 Å². The molecule has 138 valence electrons. The summed E-state index contributed by atoms with van der Waals surface area (Å²) in [5, 5.41) is 33.2. The van der Waals surface area contributed by atoms with Gasteiger partial charge in [-0.25, -0.2) is 4.68 Å². The van der Waals surface area contributed by atoms with Crippen LogP contribution in [0.2, 0.25) is 0 Å². The normalized spacial score (nSPS) is 10.1. The third-order valence-corrected chi connectivity index (χ3v) is 3.78. The Labute approximate surface area is 157 Å². The lowest BCUT2D eigenvalue weighted by atomic mass is 9.96. The van der Waals surface area contributed by atoms with Crippen molar-refractivity contribution >= 4 is 11.5 Å². The Bertz CT molecular complexity index is 1210. The van der Waals surface area contributed by atoms with Crippen molar-refractivity contribution in [1.82, 2.24) is 14.8 Å². The van der Waals surface area contributed by atoms with Crippen molar-refractivity contribution in [2.24, 2.45) is 0 Å². The summed E-state index contributed by atoms with van der Waals surface area (Å²) in [5.41, 5.74) is 5.04. The van der Waals surface area contributed by atoms with Gasteiger partial charge >= 0.3 is 5.69 Å². The van der Waals surface area contributed by atoms with Gasteiger partial charge in [0, 0.05) is 5.56 Å². The average Bonchev–Trinajstić information content (AvgIpc) is 3.15. The summed E-state index contributed by atoms with van der Waals surface area (Å²) in [6.07, 6.45) is 2.31. The summed E-state index contributed by atoms with van der Waals surface area (Å²) in [4.78, 5) is 24.4. The zero-order valence-corrected chi connectivity index (χ0v) is 14.1. The number of aromatic amines is 1. The van der Waals surface area contributed by atoms with Crippen LogP contribution in [0.1, 0.15) is 11.1 Å². The summed E-state index contributed by atoms with van der Waals surface area (Å²) in [6.45, 7) is -0.106. The molecule has 28 heavy (non-hydrogen) atoms. The van der Waals surface area contributed by atoms with E-state index in [1.165, 1.54) is 16.9 Å². The smallest absolute Gasteiger partial charge is 0.307 e. The van der Waals surface area contributed by atoms with Crippen LogP contribution in [0.4, 0.5) is 11.5 Å². The lowest BCUT2D eigenvalue weighted by Crippen LogP contribution is -2.16. The Morgan fingerprint density at radius 2 is 2.07 bits per heavy atom. The Kier molecular flexibility index (Phi) is 4.74. The molecule has 0 saturated heterocycles. The monoisotopic (exact) mass is 377 g/mol. The van der Waals surface area contributed by atoms with Crippen molar-refractivity contribution in [2.75, 3.05) is 5.73 Å². The van der Waals surface area contributed by atoms with Crippen LogP contribution in [-0.2, 0) is 6.73 Å². The number of nitro groups is 1. The summed E-state index contributed by atoms with van der Waals surface area (Å²) < 4.78 is 6.78. The van der Waals surface area contributed by atoms with Crippen molar-refractivity contribution in [1.29, 1.82) is 10.5 Å². The van der Waals surface area contributed by atoms with Gasteiger partial charge in [0.1, 0.15) is 47.2 Å². The topological polar surface area (TPSA) is 177 Å². The SMILES string of the molecule is N#Cc1c(N)[nH]c(=O)c(C#N)c1-c1cccc(OCn2cc([N+](=O)[O-])cn2)c1. The molecule has 0 aliphatic carbocycles. The molecule has 0 atom stereocenters. The van der Waals surface area contributed by atoms with E-state index in [9.17, 15) is 25.4 Å². The Morgan fingerprint density at radius 3 is 2.71 bits per heavy atom. The number of nitriles is 2. The second-order valence-electron chi connectivity index (χ2n) is 5.51. The molecular formula is C17H11N7O4. The highest BCUT2D eigenvalue weighted by Crippen LogP contribution is 2.30. The number of pyridine rings is 1. The predicted octanol–water partition coefficient (Wildman–Crippen LogP) is 1.51. The van der Waals surface area contributed by atoms with Crippen LogP contribution in [0, 0.1) is 32.8 Å². The largest absolute Gasteiger partial charge is 0.471 e. The van der Waals surface area contributed by atoms with E-state index in [0.29, 0.717) is 11.3 Å². The fourth-order valence-electron chi connectivity index (χ4n) is 2.53. The molecule has 11 heteroatoms. The van der Waals surface area contributed by atoms with Gasteiger partial charge in [0.25, 0.3) is 5.56 Å². The van der Waals surface area contributed by atoms with E-state index < -0.39 is 10.5 Å². The maximum absolute atomic E-state index is 12.0. The number of ether oxygens (including phenoxy) is 1. The predicted molar refractivity (Wildman–Crippen MR) is 95.9 cm³/mol. The number of nitrogens with one attached hydrogen (secondary N) is 1. The standard InChI is InChI=1S/C17H11N7O4/c18-5-13-15(14(6-19)17(25)22-16(13)20)10-2-1-3-12(4-10)28-9-23-8-11(7-21-23)24(26)27/h1-4,7-8H,9H2,(H3,20,22,25). The number of hydrogen-bond donors (Lipinski definition) is 2. The molecule has 0 saturated carbocycles. The minimum absolute atomic E-state index is 0.0315. The van der Waals surface area contributed by atoms with Gasteiger partial charge in [-0.15, -0.1) is 0 Å². The van der Waals surface area contributed by atoms with Crippen LogP contribution in [-0.4, -0.2) is 19.7 Å². The molecular weight excluding hydrogens is 366 g/mol. The van der Waals surface area contributed by atoms with E-state index in [4.69, 9.17) is 10.5 Å². The zero-order valence-electron chi connectivity index (χ0n) is 14.1. The molecule has 0 unspecified atom stereocenters. The molecule has 0 radical (unpaired) electrons. The first-order valence-corrected chi connectivity index (χ1v) is 7.70. The van der Waals surface area contributed by atoms with E-state index in [0.717, 1.165) is 6.20 Å². The molecule has 3 rings (SSSR count). The molecule has 0 aliphatic rings. The van der Waals surface area contributed by atoms with Crippen LogP contribution in [0.5, 0.6) is 5.75 Å². The van der Waals surface area contributed by atoms with Gasteiger partial charge in [0.05, 0.1) is 4.92 Å². The first kappa shape index (κ1) is 18.2. The Balaban J connectivity index is 1.96. The number of nitrogens with two attached hydrogens (primary N) is 1. The molecule has 0 aliphatic heterocycles. The van der Waals surface area contributed by atoms with Crippen LogP contribution >= 0.6 is 0 Å². The number of benzene rings is 1. The summed E-state index contributed by atoms with van der Waals surface area (Å²) >= 11 is 0. The number of aromatic nitrogens is 3. The van der Waals surface area contributed by atoms with Crippen molar-refractivity contribution < 1.29 is 9.66 Å². The van der Waals surface area contributed by atoms with Crippen LogP contribution < -0.4 is 16.0 Å². The number of rotatable bonds is 5. The maximum atomic E-state index is 12.0. The molecule has 0 amide bonds. The Morgan fingerprint density at radius 1 is 1.32 bits per heavy atom. The van der Waals surface area contributed by atoms with Crippen LogP contribution in [0.15, 0.2) is 41.5 Å². The molecule has 2 heterocycles. The molecule has 0 spiro atoms. The molecule has 2 aromatic heterocycles.